The zero-order chi connectivity index (χ0) is 12.4. The van der Waals surface area contributed by atoms with E-state index in [-0.39, 0.29) is 10.6 Å². The minimum absolute atomic E-state index is 0.0928. The molecule has 0 radical (unpaired) electrons. The van der Waals surface area contributed by atoms with Gasteiger partial charge in [0.15, 0.2) is 5.82 Å². The largest absolute Gasteiger partial charge is 0.314 e. The predicted molar refractivity (Wildman–Crippen MR) is 62.5 cm³/mol. The second-order valence-corrected chi connectivity index (χ2v) is 3.67. The quantitative estimate of drug-likeness (QED) is 0.600. The SMILES string of the molecule is CCn1cnnc1-c1cccc(C)c1[N+](=O)[O-]. The number of aromatic nitrogens is 3. The van der Waals surface area contributed by atoms with Crippen LogP contribution in [-0.4, -0.2) is 19.7 Å². The third-order valence-electron chi connectivity index (χ3n) is 2.62. The number of hydrogen-bond donors (Lipinski definition) is 0. The molecule has 0 saturated heterocycles. The minimum atomic E-state index is -0.376. The highest BCUT2D eigenvalue weighted by Gasteiger charge is 2.21. The number of aryl methyl sites for hydroxylation is 2. The molecule has 0 saturated carbocycles. The molecule has 0 bridgehead atoms. The molecule has 6 heteroatoms. The van der Waals surface area contributed by atoms with Crippen LogP contribution in [0.3, 0.4) is 0 Å². The van der Waals surface area contributed by atoms with E-state index in [1.165, 1.54) is 0 Å². The topological polar surface area (TPSA) is 73.8 Å². The van der Waals surface area contributed by atoms with Gasteiger partial charge in [0.05, 0.1) is 10.5 Å². The monoisotopic (exact) mass is 232 g/mol. The van der Waals surface area contributed by atoms with E-state index in [1.54, 1.807) is 36.0 Å². The molecule has 0 amide bonds. The van der Waals surface area contributed by atoms with Gasteiger partial charge in [-0.2, -0.15) is 0 Å². The van der Waals surface area contributed by atoms with Crippen LogP contribution in [0.5, 0.6) is 0 Å². The van der Waals surface area contributed by atoms with E-state index in [2.05, 4.69) is 10.2 Å². The van der Waals surface area contributed by atoms with E-state index in [9.17, 15) is 10.1 Å². The molecule has 2 aromatic rings. The lowest BCUT2D eigenvalue weighted by molar-refractivity contribution is -0.384. The summed E-state index contributed by atoms with van der Waals surface area (Å²) in [5, 5.41) is 18.8. The fourth-order valence-corrected chi connectivity index (χ4v) is 1.78. The smallest absolute Gasteiger partial charge is 0.283 e. The molecule has 88 valence electrons. The molecule has 0 atom stereocenters. The molecule has 17 heavy (non-hydrogen) atoms. The highest BCUT2D eigenvalue weighted by Crippen LogP contribution is 2.30. The van der Waals surface area contributed by atoms with Gasteiger partial charge in [-0.3, -0.25) is 10.1 Å². The normalized spacial score (nSPS) is 10.5. The highest BCUT2D eigenvalue weighted by molar-refractivity contribution is 5.70. The van der Waals surface area contributed by atoms with Crippen LogP contribution in [0.2, 0.25) is 0 Å². The van der Waals surface area contributed by atoms with Crippen molar-refractivity contribution in [3.63, 3.8) is 0 Å². The van der Waals surface area contributed by atoms with Crippen molar-refractivity contribution < 1.29 is 4.92 Å². The van der Waals surface area contributed by atoms with Gasteiger partial charge in [0.25, 0.3) is 5.69 Å². The summed E-state index contributed by atoms with van der Waals surface area (Å²) in [5.74, 6) is 0.530. The molecule has 0 fully saturated rings. The van der Waals surface area contributed by atoms with Crippen molar-refractivity contribution in [3.8, 4) is 11.4 Å². The zero-order valence-corrected chi connectivity index (χ0v) is 9.62. The van der Waals surface area contributed by atoms with Gasteiger partial charge in [0.2, 0.25) is 0 Å². The minimum Gasteiger partial charge on any atom is -0.314 e. The summed E-state index contributed by atoms with van der Waals surface area (Å²) in [6, 6.07) is 5.20. The van der Waals surface area contributed by atoms with Crippen molar-refractivity contribution in [1.29, 1.82) is 0 Å². The Morgan fingerprint density at radius 2 is 2.24 bits per heavy atom. The second kappa shape index (κ2) is 4.32. The van der Waals surface area contributed by atoms with E-state index < -0.39 is 0 Å². The van der Waals surface area contributed by atoms with Crippen LogP contribution in [0.25, 0.3) is 11.4 Å². The summed E-state index contributed by atoms with van der Waals surface area (Å²) < 4.78 is 1.78. The Balaban J connectivity index is 2.67. The maximum atomic E-state index is 11.1. The molecule has 0 N–H and O–H groups in total. The van der Waals surface area contributed by atoms with Crippen molar-refractivity contribution in [1.82, 2.24) is 14.8 Å². The molecule has 2 rings (SSSR count). The summed E-state index contributed by atoms with van der Waals surface area (Å²) in [5.41, 5.74) is 1.22. The van der Waals surface area contributed by atoms with Crippen molar-refractivity contribution >= 4 is 5.69 Å². The summed E-state index contributed by atoms with van der Waals surface area (Å²) >= 11 is 0. The first-order valence-electron chi connectivity index (χ1n) is 5.27. The Hall–Kier alpha value is -2.24. The Morgan fingerprint density at radius 1 is 1.47 bits per heavy atom. The number of nitro benzene ring substituents is 1. The standard InChI is InChI=1S/C11H12N4O2/c1-3-14-7-12-13-11(14)9-6-4-5-8(2)10(9)15(16)17/h4-7H,3H2,1-2H3. The van der Waals surface area contributed by atoms with Gasteiger partial charge in [-0.05, 0) is 19.9 Å². The molecule has 0 unspecified atom stereocenters. The van der Waals surface area contributed by atoms with Gasteiger partial charge in [0.1, 0.15) is 6.33 Å². The summed E-state index contributed by atoms with van der Waals surface area (Å²) in [7, 11) is 0. The number of nitro groups is 1. The number of hydrogen-bond acceptors (Lipinski definition) is 4. The fraction of sp³-hybridized carbons (Fsp3) is 0.273. The molecule has 0 aliphatic rings. The van der Waals surface area contributed by atoms with Gasteiger partial charge >= 0.3 is 0 Å². The second-order valence-electron chi connectivity index (χ2n) is 3.67. The molecule has 1 heterocycles. The maximum Gasteiger partial charge on any atom is 0.283 e. The van der Waals surface area contributed by atoms with Crippen LogP contribution in [0.4, 0.5) is 5.69 Å². The first-order valence-corrected chi connectivity index (χ1v) is 5.27. The molecule has 6 nitrogen and oxygen atoms in total. The van der Waals surface area contributed by atoms with E-state index in [0.717, 1.165) is 0 Å². The molecule has 1 aromatic heterocycles. The molecular formula is C11H12N4O2. The van der Waals surface area contributed by atoms with Gasteiger partial charge < -0.3 is 4.57 Å². The van der Waals surface area contributed by atoms with Crippen LogP contribution in [0.15, 0.2) is 24.5 Å². The zero-order valence-electron chi connectivity index (χ0n) is 9.62. The third kappa shape index (κ3) is 1.89. The van der Waals surface area contributed by atoms with Crippen molar-refractivity contribution in [2.45, 2.75) is 20.4 Å². The van der Waals surface area contributed by atoms with Gasteiger partial charge in [-0.25, -0.2) is 0 Å². The lowest BCUT2D eigenvalue weighted by Crippen LogP contribution is -2.00. The highest BCUT2D eigenvalue weighted by atomic mass is 16.6. The average Bonchev–Trinajstić information content (AvgIpc) is 2.75. The van der Waals surface area contributed by atoms with Crippen molar-refractivity contribution in [2.24, 2.45) is 0 Å². The molecular weight excluding hydrogens is 220 g/mol. The van der Waals surface area contributed by atoms with E-state index in [4.69, 9.17) is 0 Å². The summed E-state index contributed by atoms with van der Waals surface area (Å²) in [6.07, 6.45) is 1.57. The van der Waals surface area contributed by atoms with Crippen molar-refractivity contribution in [2.75, 3.05) is 0 Å². The first kappa shape index (κ1) is 11.3. The maximum absolute atomic E-state index is 11.1. The van der Waals surface area contributed by atoms with Crippen LogP contribution >= 0.6 is 0 Å². The fourth-order valence-electron chi connectivity index (χ4n) is 1.78. The van der Waals surface area contributed by atoms with Crippen LogP contribution in [0.1, 0.15) is 12.5 Å². The Bertz CT molecular complexity index is 562. The van der Waals surface area contributed by atoms with E-state index in [0.29, 0.717) is 23.5 Å². The summed E-state index contributed by atoms with van der Waals surface area (Å²) in [6.45, 7) is 4.33. The summed E-state index contributed by atoms with van der Waals surface area (Å²) in [4.78, 5) is 10.7. The van der Waals surface area contributed by atoms with E-state index >= 15 is 0 Å². The lowest BCUT2D eigenvalue weighted by atomic mass is 10.1. The van der Waals surface area contributed by atoms with Crippen LogP contribution in [0, 0.1) is 17.0 Å². The third-order valence-corrected chi connectivity index (χ3v) is 2.62. The average molecular weight is 232 g/mol. The number of para-hydroxylation sites is 1. The van der Waals surface area contributed by atoms with Gasteiger partial charge in [-0.1, -0.05) is 12.1 Å². The van der Waals surface area contributed by atoms with Crippen LogP contribution < -0.4 is 0 Å². The van der Waals surface area contributed by atoms with Crippen LogP contribution in [-0.2, 0) is 6.54 Å². The van der Waals surface area contributed by atoms with Gasteiger partial charge in [-0.15, -0.1) is 10.2 Å². The van der Waals surface area contributed by atoms with E-state index in [1.807, 2.05) is 6.92 Å². The molecule has 0 spiro atoms. The van der Waals surface area contributed by atoms with Gasteiger partial charge in [0, 0.05) is 12.1 Å². The number of nitrogens with zero attached hydrogens (tertiary/aromatic N) is 4. The number of rotatable bonds is 3. The Kier molecular flexibility index (Phi) is 2.86. The predicted octanol–water partition coefficient (Wildman–Crippen LogP) is 2.18. The Labute approximate surface area is 98.1 Å². The van der Waals surface area contributed by atoms with Crippen molar-refractivity contribution in [3.05, 3.63) is 40.2 Å². The number of benzene rings is 1. The Morgan fingerprint density at radius 3 is 2.88 bits per heavy atom. The first-order chi connectivity index (χ1) is 8.15. The molecule has 0 aliphatic heterocycles. The molecule has 1 aromatic carbocycles. The lowest BCUT2D eigenvalue weighted by Gasteiger charge is -2.05. The molecule has 0 aliphatic carbocycles.